The molecule has 0 radical (unpaired) electrons. The number of aromatic nitrogens is 2. The standard InChI is InChI=1S/C23H28N4O2S2/c1-16(2)21-24-22(20-17(3)18(4)30-23(20)25-21)26-11-13-27(14-12-26)31(28,29)15-10-19-8-6-5-7-9-19/h5-10,15-16H,11-14H2,1-4H3/b15-10+. The zero-order valence-electron chi connectivity index (χ0n) is 18.4. The molecule has 164 valence electrons. The molecule has 0 N–H and O–H groups in total. The van der Waals surface area contributed by atoms with Crippen molar-refractivity contribution in [3.63, 3.8) is 0 Å². The van der Waals surface area contributed by atoms with Gasteiger partial charge >= 0.3 is 0 Å². The van der Waals surface area contributed by atoms with Crippen LogP contribution in [-0.2, 0) is 10.0 Å². The van der Waals surface area contributed by atoms with Crippen molar-refractivity contribution in [1.29, 1.82) is 0 Å². The Morgan fingerprint density at radius 3 is 2.35 bits per heavy atom. The highest BCUT2D eigenvalue weighted by atomic mass is 32.2. The van der Waals surface area contributed by atoms with Crippen LogP contribution in [0.3, 0.4) is 0 Å². The molecule has 31 heavy (non-hydrogen) atoms. The Labute approximate surface area is 188 Å². The van der Waals surface area contributed by atoms with Crippen LogP contribution in [0, 0.1) is 13.8 Å². The number of anilines is 1. The van der Waals surface area contributed by atoms with Gasteiger partial charge in [0.1, 0.15) is 16.5 Å². The number of rotatable bonds is 5. The van der Waals surface area contributed by atoms with E-state index in [-0.39, 0.29) is 5.92 Å². The summed E-state index contributed by atoms with van der Waals surface area (Å²) in [6, 6.07) is 9.49. The molecule has 0 aliphatic carbocycles. The highest BCUT2D eigenvalue weighted by molar-refractivity contribution is 7.92. The van der Waals surface area contributed by atoms with Gasteiger partial charge < -0.3 is 4.90 Å². The summed E-state index contributed by atoms with van der Waals surface area (Å²) in [5.74, 6) is 2.01. The van der Waals surface area contributed by atoms with Gasteiger partial charge in [-0.1, -0.05) is 44.2 Å². The van der Waals surface area contributed by atoms with Crippen LogP contribution in [0.4, 0.5) is 5.82 Å². The van der Waals surface area contributed by atoms with Crippen molar-refractivity contribution in [2.75, 3.05) is 31.1 Å². The molecule has 3 aromatic rings. The first-order chi connectivity index (χ1) is 14.8. The third kappa shape index (κ3) is 4.51. The first-order valence-corrected chi connectivity index (χ1v) is 12.8. The van der Waals surface area contributed by atoms with Gasteiger partial charge in [-0.05, 0) is 31.1 Å². The Bertz CT molecular complexity index is 1210. The third-order valence-corrected chi connectivity index (χ3v) is 8.34. The number of sulfonamides is 1. The molecule has 1 aliphatic rings. The fourth-order valence-electron chi connectivity index (χ4n) is 3.70. The van der Waals surface area contributed by atoms with Crippen molar-refractivity contribution in [2.24, 2.45) is 0 Å². The van der Waals surface area contributed by atoms with E-state index in [2.05, 4.69) is 32.6 Å². The van der Waals surface area contributed by atoms with Crippen LogP contribution in [0.2, 0.25) is 0 Å². The monoisotopic (exact) mass is 456 g/mol. The first-order valence-electron chi connectivity index (χ1n) is 10.5. The second kappa shape index (κ2) is 8.68. The van der Waals surface area contributed by atoms with Crippen molar-refractivity contribution >= 4 is 43.5 Å². The quantitative estimate of drug-likeness (QED) is 0.563. The van der Waals surface area contributed by atoms with E-state index in [1.165, 1.54) is 15.8 Å². The molecule has 8 heteroatoms. The van der Waals surface area contributed by atoms with E-state index >= 15 is 0 Å². The minimum absolute atomic E-state index is 0.232. The minimum Gasteiger partial charge on any atom is -0.353 e. The number of nitrogens with zero attached hydrogens (tertiary/aromatic N) is 4. The average molecular weight is 457 g/mol. The van der Waals surface area contributed by atoms with E-state index in [1.54, 1.807) is 21.7 Å². The highest BCUT2D eigenvalue weighted by Gasteiger charge is 2.28. The summed E-state index contributed by atoms with van der Waals surface area (Å²) in [5, 5.41) is 2.41. The van der Waals surface area contributed by atoms with Gasteiger partial charge in [0.15, 0.2) is 0 Å². The molecular weight excluding hydrogens is 428 g/mol. The lowest BCUT2D eigenvalue weighted by Crippen LogP contribution is -2.48. The van der Waals surface area contributed by atoms with Crippen molar-refractivity contribution in [3.8, 4) is 0 Å². The Balaban J connectivity index is 1.56. The molecule has 3 heterocycles. The van der Waals surface area contributed by atoms with E-state index < -0.39 is 10.0 Å². The normalized spacial score (nSPS) is 16.1. The number of piperazine rings is 1. The molecule has 0 unspecified atom stereocenters. The maximum absolute atomic E-state index is 12.8. The van der Waals surface area contributed by atoms with Crippen molar-refractivity contribution in [3.05, 3.63) is 57.6 Å². The van der Waals surface area contributed by atoms with Crippen LogP contribution in [-0.4, -0.2) is 48.9 Å². The second-order valence-electron chi connectivity index (χ2n) is 8.17. The highest BCUT2D eigenvalue weighted by Crippen LogP contribution is 2.36. The molecule has 6 nitrogen and oxygen atoms in total. The summed E-state index contributed by atoms with van der Waals surface area (Å²) < 4.78 is 27.2. The van der Waals surface area contributed by atoms with Crippen molar-refractivity contribution in [2.45, 2.75) is 33.6 Å². The minimum atomic E-state index is -3.46. The zero-order chi connectivity index (χ0) is 22.2. The van der Waals surface area contributed by atoms with Crippen LogP contribution >= 0.6 is 11.3 Å². The van der Waals surface area contributed by atoms with Crippen LogP contribution in [0.15, 0.2) is 35.7 Å². The van der Waals surface area contributed by atoms with Gasteiger partial charge in [0.25, 0.3) is 0 Å². The largest absolute Gasteiger partial charge is 0.353 e. The molecular formula is C23H28N4O2S2. The molecule has 1 aromatic carbocycles. The number of fused-ring (bicyclic) bond motifs is 1. The molecule has 1 fully saturated rings. The van der Waals surface area contributed by atoms with Crippen molar-refractivity contribution < 1.29 is 8.42 Å². The molecule has 2 aromatic heterocycles. The van der Waals surface area contributed by atoms with Crippen LogP contribution in [0.25, 0.3) is 16.3 Å². The summed E-state index contributed by atoms with van der Waals surface area (Å²) in [4.78, 5) is 14.2. The molecule has 4 rings (SSSR count). The maximum Gasteiger partial charge on any atom is 0.236 e. The molecule has 0 bridgehead atoms. The zero-order valence-corrected chi connectivity index (χ0v) is 20.0. The SMILES string of the molecule is Cc1sc2nc(C(C)C)nc(N3CCN(S(=O)(=O)/C=C/c4ccccc4)CC3)c2c1C. The maximum atomic E-state index is 12.8. The number of hydrogen-bond donors (Lipinski definition) is 0. The fourth-order valence-corrected chi connectivity index (χ4v) is 5.91. The molecule has 1 saturated heterocycles. The van der Waals surface area contributed by atoms with Gasteiger partial charge in [0.05, 0.1) is 5.39 Å². The van der Waals surface area contributed by atoms with Gasteiger partial charge in [0, 0.05) is 42.4 Å². The Morgan fingerprint density at radius 1 is 1.03 bits per heavy atom. The van der Waals surface area contributed by atoms with Gasteiger partial charge in [-0.2, -0.15) is 4.31 Å². The Morgan fingerprint density at radius 2 is 1.71 bits per heavy atom. The summed E-state index contributed by atoms with van der Waals surface area (Å²) >= 11 is 1.70. The van der Waals surface area contributed by atoms with Crippen LogP contribution in [0.1, 0.15) is 41.6 Å². The predicted molar refractivity (Wildman–Crippen MR) is 129 cm³/mol. The molecule has 0 saturated carbocycles. The van der Waals surface area contributed by atoms with E-state index in [4.69, 9.17) is 9.97 Å². The lowest BCUT2D eigenvalue weighted by Gasteiger charge is -2.34. The average Bonchev–Trinajstić information content (AvgIpc) is 3.06. The molecule has 0 spiro atoms. The second-order valence-corrected chi connectivity index (χ2v) is 11.2. The number of hydrogen-bond acceptors (Lipinski definition) is 6. The predicted octanol–water partition coefficient (Wildman–Crippen LogP) is 4.55. The number of thiophene rings is 1. The summed E-state index contributed by atoms with van der Waals surface area (Å²) in [5.41, 5.74) is 2.09. The van der Waals surface area contributed by atoms with Gasteiger partial charge in [0.2, 0.25) is 10.0 Å². The molecule has 0 atom stereocenters. The molecule has 1 aliphatic heterocycles. The Kier molecular flexibility index (Phi) is 6.14. The van der Waals surface area contributed by atoms with E-state index in [0.717, 1.165) is 27.4 Å². The first kappa shape index (κ1) is 21.9. The Hall–Kier alpha value is -2.29. The summed E-state index contributed by atoms with van der Waals surface area (Å²) in [7, 11) is -3.46. The lowest BCUT2D eigenvalue weighted by molar-refractivity contribution is 0.389. The number of aryl methyl sites for hydroxylation is 2. The van der Waals surface area contributed by atoms with Gasteiger partial charge in [-0.15, -0.1) is 11.3 Å². The summed E-state index contributed by atoms with van der Waals surface area (Å²) in [6.45, 7) is 10.5. The third-order valence-electron chi connectivity index (χ3n) is 5.67. The molecule has 0 amide bonds. The van der Waals surface area contributed by atoms with Gasteiger partial charge in [-0.25, -0.2) is 18.4 Å². The topological polar surface area (TPSA) is 66.4 Å². The van der Waals surface area contributed by atoms with Crippen LogP contribution in [0.5, 0.6) is 0 Å². The van der Waals surface area contributed by atoms with Crippen LogP contribution < -0.4 is 4.90 Å². The van der Waals surface area contributed by atoms with E-state index in [1.807, 2.05) is 30.3 Å². The van der Waals surface area contributed by atoms with E-state index in [9.17, 15) is 8.42 Å². The summed E-state index contributed by atoms with van der Waals surface area (Å²) in [6.07, 6.45) is 1.65. The van der Waals surface area contributed by atoms with Crippen molar-refractivity contribution in [1.82, 2.24) is 14.3 Å². The van der Waals surface area contributed by atoms with E-state index in [0.29, 0.717) is 26.2 Å². The smallest absolute Gasteiger partial charge is 0.236 e. The van der Waals surface area contributed by atoms with Gasteiger partial charge in [-0.3, -0.25) is 0 Å². The lowest BCUT2D eigenvalue weighted by atomic mass is 10.1. The fraction of sp³-hybridized carbons (Fsp3) is 0.391. The number of benzene rings is 1.